The van der Waals surface area contributed by atoms with Crippen molar-refractivity contribution in [2.24, 2.45) is 17.3 Å². The standard InChI is InChI=1S/C28H35O5P/c1-4-32-34(31,33-5-2)21-10-6-18(7-11-21)24-17-28(3)25(14-15-26(28)30)23-12-8-19-16-20(29)9-13-22(19)27(23)24/h6-7,10-11,16,23-25H,4-5,8-9,12-15,17H2,1-3H3/t23-,24+,25-,28-/m0/s1. The van der Waals surface area contributed by atoms with Crippen LogP contribution in [0.3, 0.4) is 0 Å². The van der Waals surface area contributed by atoms with Crippen LogP contribution in [0.25, 0.3) is 0 Å². The van der Waals surface area contributed by atoms with Crippen LogP contribution in [0.2, 0.25) is 0 Å². The average Bonchev–Trinajstić information content (AvgIpc) is 3.12. The molecule has 5 rings (SSSR count). The normalized spacial score (nSPS) is 31.1. The predicted octanol–water partition coefficient (Wildman–Crippen LogP) is 6.05. The van der Waals surface area contributed by atoms with Gasteiger partial charge >= 0.3 is 7.60 Å². The lowest BCUT2D eigenvalue weighted by Crippen LogP contribution is -2.43. The molecule has 0 saturated heterocycles. The Morgan fingerprint density at radius 3 is 2.35 bits per heavy atom. The Morgan fingerprint density at radius 2 is 1.68 bits per heavy atom. The van der Waals surface area contributed by atoms with Crippen LogP contribution in [-0.4, -0.2) is 24.8 Å². The Bertz CT molecular complexity index is 1100. The van der Waals surface area contributed by atoms with Gasteiger partial charge in [0, 0.05) is 24.2 Å². The van der Waals surface area contributed by atoms with Gasteiger partial charge in [-0.15, -0.1) is 0 Å². The molecule has 0 unspecified atom stereocenters. The fraction of sp³-hybridized carbons (Fsp3) is 0.571. The fourth-order valence-electron chi connectivity index (χ4n) is 7.15. The summed E-state index contributed by atoms with van der Waals surface area (Å²) < 4.78 is 24.3. The molecule has 1 aromatic carbocycles. The minimum absolute atomic E-state index is 0.132. The zero-order chi connectivity index (χ0) is 24.1. The highest BCUT2D eigenvalue weighted by molar-refractivity contribution is 7.62. The largest absolute Gasteiger partial charge is 0.361 e. The molecule has 5 nitrogen and oxygen atoms in total. The molecule has 0 bridgehead atoms. The number of carbonyl (C=O) groups is 2. The minimum atomic E-state index is -3.34. The second kappa shape index (κ2) is 9.00. The Kier molecular flexibility index (Phi) is 6.33. The number of allylic oxidation sites excluding steroid dienone is 4. The van der Waals surface area contributed by atoms with Crippen molar-refractivity contribution in [3.8, 4) is 0 Å². The molecule has 4 aliphatic rings. The summed E-state index contributed by atoms with van der Waals surface area (Å²) in [5, 5.41) is 0.568. The molecule has 0 radical (unpaired) electrons. The number of Topliss-reactive ketones (excluding diaryl/α,β-unsaturated/α-hetero) is 1. The lowest BCUT2D eigenvalue weighted by Gasteiger charge is -2.50. The van der Waals surface area contributed by atoms with E-state index in [0.29, 0.717) is 49.0 Å². The summed E-state index contributed by atoms with van der Waals surface area (Å²) in [5.74, 6) is 1.56. The van der Waals surface area contributed by atoms with Crippen molar-refractivity contribution in [2.75, 3.05) is 13.2 Å². The second-order valence-electron chi connectivity index (χ2n) is 10.4. The minimum Gasteiger partial charge on any atom is -0.305 e. The molecular weight excluding hydrogens is 447 g/mol. The predicted molar refractivity (Wildman–Crippen MR) is 132 cm³/mol. The highest BCUT2D eigenvalue weighted by Gasteiger charge is 2.56. The van der Waals surface area contributed by atoms with E-state index in [-0.39, 0.29) is 17.1 Å². The first-order valence-corrected chi connectivity index (χ1v) is 14.3. The topological polar surface area (TPSA) is 69.7 Å². The van der Waals surface area contributed by atoms with Crippen LogP contribution < -0.4 is 5.30 Å². The zero-order valence-electron chi connectivity index (χ0n) is 20.5. The molecule has 4 aliphatic carbocycles. The molecule has 0 heterocycles. The van der Waals surface area contributed by atoms with E-state index in [4.69, 9.17) is 9.05 Å². The second-order valence-corrected chi connectivity index (χ2v) is 12.4. The highest BCUT2D eigenvalue weighted by Crippen LogP contribution is 2.62. The number of carbonyl (C=O) groups excluding carboxylic acids is 2. The molecule has 0 amide bonds. The number of hydrogen-bond acceptors (Lipinski definition) is 5. The third-order valence-corrected chi connectivity index (χ3v) is 10.8. The van der Waals surface area contributed by atoms with Crippen LogP contribution >= 0.6 is 7.60 Å². The van der Waals surface area contributed by atoms with Gasteiger partial charge in [0.05, 0.1) is 18.5 Å². The maximum atomic E-state index is 13.3. The molecule has 0 spiro atoms. The first-order valence-electron chi connectivity index (χ1n) is 12.8. The maximum absolute atomic E-state index is 13.3. The van der Waals surface area contributed by atoms with Crippen LogP contribution in [0.15, 0.2) is 47.1 Å². The molecule has 4 atom stereocenters. The summed E-state index contributed by atoms with van der Waals surface area (Å²) in [5.41, 5.74) is 4.91. The van der Waals surface area contributed by atoms with Gasteiger partial charge in [0.25, 0.3) is 0 Å². The molecule has 2 fully saturated rings. The molecule has 1 aromatic rings. The summed E-state index contributed by atoms with van der Waals surface area (Å²) in [6.45, 7) is 6.44. The van der Waals surface area contributed by atoms with Crippen LogP contribution in [0, 0.1) is 17.3 Å². The van der Waals surface area contributed by atoms with Crippen LogP contribution in [-0.2, 0) is 23.2 Å². The Balaban J connectivity index is 1.59. The number of rotatable bonds is 6. The summed E-state index contributed by atoms with van der Waals surface area (Å²) in [4.78, 5) is 25.2. The Morgan fingerprint density at radius 1 is 0.971 bits per heavy atom. The van der Waals surface area contributed by atoms with Crippen LogP contribution in [0.1, 0.15) is 77.2 Å². The van der Waals surface area contributed by atoms with Gasteiger partial charge in [-0.05, 0) is 92.7 Å². The van der Waals surface area contributed by atoms with Gasteiger partial charge in [-0.3, -0.25) is 14.2 Å². The van der Waals surface area contributed by atoms with Gasteiger partial charge in [0.2, 0.25) is 0 Å². The molecule has 34 heavy (non-hydrogen) atoms. The van der Waals surface area contributed by atoms with E-state index in [1.807, 2.05) is 44.2 Å². The molecule has 182 valence electrons. The summed E-state index contributed by atoms with van der Waals surface area (Å²) >= 11 is 0. The van der Waals surface area contributed by atoms with Gasteiger partial charge in [-0.25, -0.2) is 0 Å². The van der Waals surface area contributed by atoms with Crippen molar-refractivity contribution >= 4 is 24.5 Å². The van der Waals surface area contributed by atoms with Gasteiger partial charge < -0.3 is 9.05 Å². The van der Waals surface area contributed by atoms with Crippen molar-refractivity contribution in [1.82, 2.24) is 0 Å². The number of ketones is 2. The van der Waals surface area contributed by atoms with Gasteiger partial charge in [0.15, 0.2) is 5.78 Å². The number of fused-ring (bicyclic) bond motifs is 4. The Hall–Kier alpha value is -1.81. The zero-order valence-corrected chi connectivity index (χ0v) is 21.4. The summed E-state index contributed by atoms with van der Waals surface area (Å²) in [6, 6.07) is 7.84. The summed E-state index contributed by atoms with van der Waals surface area (Å²) in [6.07, 6.45) is 7.68. The lowest BCUT2D eigenvalue weighted by atomic mass is 9.53. The summed E-state index contributed by atoms with van der Waals surface area (Å²) in [7, 11) is -3.34. The maximum Gasteiger partial charge on any atom is 0.361 e. The first-order chi connectivity index (χ1) is 16.3. The van der Waals surface area contributed by atoms with Crippen molar-refractivity contribution in [3.63, 3.8) is 0 Å². The third kappa shape index (κ3) is 3.81. The van der Waals surface area contributed by atoms with E-state index in [1.54, 1.807) is 0 Å². The van der Waals surface area contributed by atoms with Crippen molar-refractivity contribution < 1.29 is 23.2 Å². The van der Waals surface area contributed by atoms with E-state index in [9.17, 15) is 14.2 Å². The quantitative estimate of drug-likeness (QED) is 0.462. The average molecular weight is 483 g/mol. The van der Waals surface area contributed by atoms with Gasteiger partial charge in [-0.1, -0.05) is 24.6 Å². The van der Waals surface area contributed by atoms with E-state index in [2.05, 4.69) is 6.92 Å². The van der Waals surface area contributed by atoms with E-state index >= 15 is 0 Å². The van der Waals surface area contributed by atoms with Crippen molar-refractivity contribution in [1.29, 1.82) is 0 Å². The van der Waals surface area contributed by atoms with Crippen molar-refractivity contribution in [3.05, 3.63) is 52.6 Å². The lowest BCUT2D eigenvalue weighted by molar-refractivity contribution is -0.128. The van der Waals surface area contributed by atoms with Gasteiger partial charge in [0.1, 0.15) is 5.78 Å². The van der Waals surface area contributed by atoms with Gasteiger partial charge in [-0.2, -0.15) is 0 Å². The van der Waals surface area contributed by atoms with E-state index in [1.165, 1.54) is 16.7 Å². The van der Waals surface area contributed by atoms with Crippen molar-refractivity contribution in [2.45, 2.75) is 71.6 Å². The van der Waals surface area contributed by atoms with E-state index < -0.39 is 7.60 Å². The SMILES string of the molecule is CCOP(=O)(OCC)c1ccc([C@H]2C[C@]3(C)C(=O)CC[C@H]3[C@@H]3CCC4=CC(=O)CCC4=C32)cc1. The molecule has 2 saturated carbocycles. The highest BCUT2D eigenvalue weighted by atomic mass is 31.2. The first kappa shape index (κ1) is 23.9. The smallest absolute Gasteiger partial charge is 0.305 e. The molecule has 0 aliphatic heterocycles. The molecule has 0 N–H and O–H groups in total. The van der Waals surface area contributed by atoms with E-state index in [0.717, 1.165) is 37.7 Å². The third-order valence-electron chi connectivity index (χ3n) is 8.65. The number of hydrogen-bond donors (Lipinski definition) is 0. The molecular formula is C28H35O5P. The molecule has 6 heteroatoms. The monoisotopic (exact) mass is 482 g/mol. The fourth-order valence-corrected chi connectivity index (χ4v) is 8.71. The number of benzene rings is 1. The Labute approximate surface area is 202 Å². The van der Waals surface area contributed by atoms with Crippen LogP contribution in [0.4, 0.5) is 0 Å². The van der Waals surface area contributed by atoms with Crippen LogP contribution in [0.5, 0.6) is 0 Å². The molecule has 0 aromatic heterocycles.